The Morgan fingerprint density at radius 1 is 0.971 bits per heavy atom. The van der Waals surface area contributed by atoms with E-state index in [2.05, 4.69) is 74.3 Å². The second-order valence-corrected chi connectivity index (χ2v) is 11.6. The van der Waals surface area contributed by atoms with Crippen molar-refractivity contribution in [3.63, 3.8) is 0 Å². The van der Waals surface area contributed by atoms with Crippen LogP contribution in [0.25, 0.3) is 11.3 Å². The molecule has 2 aromatic rings. The van der Waals surface area contributed by atoms with Crippen LogP contribution in [0.4, 0.5) is 5.82 Å². The Kier molecular flexibility index (Phi) is 7.66. The van der Waals surface area contributed by atoms with Gasteiger partial charge in [-0.3, -0.25) is 0 Å². The van der Waals surface area contributed by atoms with Gasteiger partial charge in [-0.05, 0) is 78.8 Å². The third-order valence-corrected chi connectivity index (χ3v) is 8.20. The Morgan fingerprint density at radius 2 is 1.65 bits per heavy atom. The quantitative estimate of drug-likeness (QED) is 0.530. The van der Waals surface area contributed by atoms with Crippen LogP contribution in [0, 0.1) is 5.92 Å². The van der Waals surface area contributed by atoms with E-state index < -0.39 is 0 Å². The second kappa shape index (κ2) is 10.3. The number of aromatic nitrogens is 1. The lowest BCUT2D eigenvalue weighted by Crippen LogP contribution is -2.43. The summed E-state index contributed by atoms with van der Waals surface area (Å²) in [5, 5.41) is 22.1. The Bertz CT molecular complexity index is 960. The van der Waals surface area contributed by atoms with E-state index in [0.717, 1.165) is 50.4 Å². The van der Waals surface area contributed by atoms with Crippen LogP contribution >= 0.6 is 0 Å². The summed E-state index contributed by atoms with van der Waals surface area (Å²) >= 11 is 0. The molecule has 0 saturated carbocycles. The van der Waals surface area contributed by atoms with Crippen molar-refractivity contribution in [2.75, 3.05) is 37.7 Å². The van der Waals surface area contributed by atoms with Crippen LogP contribution in [0.1, 0.15) is 70.9 Å². The zero-order valence-corrected chi connectivity index (χ0v) is 21.5. The molecule has 5 heteroatoms. The first-order chi connectivity index (χ1) is 16.2. The molecule has 186 valence electrons. The molecule has 4 rings (SSSR count). The first-order valence-corrected chi connectivity index (χ1v) is 13.1. The standard InChI is InChI=1S/C29H43N3O2/c1-28(2)13-14-29(3,4)25-18-22(8-9-24(25)28)26-6-5-7-27(31-26)32-16-11-23(12-17-32)30-15-10-21(19-33)20-34/h5-9,18,21,23,30,33-34H,10-17,19-20H2,1-4H3. The molecule has 0 spiro atoms. The summed E-state index contributed by atoms with van der Waals surface area (Å²) in [5.74, 6) is 1.05. The maximum absolute atomic E-state index is 9.23. The monoisotopic (exact) mass is 465 g/mol. The highest BCUT2D eigenvalue weighted by atomic mass is 16.3. The third kappa shape index (κ3) is 5.48. The number of fused-ring (bicyclic) bond motifs is 1. The molecular weight excluding hydrogens is 422 g/mol. The molecule has 1 aromatic carbocycles. The Hall–Kier alpha value is -1.95. The fourth-order valence-electron chi connectivity index (χ4n) is 5.55. The first-order valence-electron chi connectivity index (χ1n) is 13.1. The van der Waals surface area contributed by atoms with Gasteiger partial charge in [0, 0.05) is 43.8 Å². The normalized spacial score (nSPS) is 19.9. The lowest BCUT2D eigenvalue weighted by Gasteiger charge is -2.42. The van der Waals surface area contributed by atoms with Crippen molar-refractivity contribution in [1.29, 1.82) is 0 Å². The molecule has 2 aliphatic rings. The van der Waals surface area contributed by atoms with Crippen LogP contribution in [0.5, 0.6) is 0 Å². The number of rotatable bonds is 8. The highest BCUT2D eigenvalue weighted by Gasteiger charge is 2.37. The molecule has 0 bridgehead atoms. The van der Waals surface area contributed by atoms with Crippen molar-refractivity contribution in [2.45, 2.75) is 76.7 Å². The van der Waals surface area contributed by atoms with Crippen LogP contribution in [-0.4, -0.2) is 54.1 Å². The van der Waals surface area contributed by atoms with Crippen LogP contribution in [0.15, 0.2) is 36.4 Å². The molecule has 0 radical (unpaired) electrons. The summed E-state index contributed by atoms with van der Waals surface area (Å²) in [6, 6.07) is 13.9. The van der Waals surface area contributed by atoms with Crippen molar-refractivity contribution in [3.8, 4) is 11.3 Å². The van der Waals surface area contributed by atoms with Gasteiger partial charge in [-0.1, -0.05) is 45.9 Å². The number of nitrogens with zero attached hydrogens (tertiary/aromatic N) is 2. The minimum atomic E-state index is -0.0141. The SMILES string of the molecule is CC1(C)CCC(C)(C)c2cc(-c3cccc(N4CCC(NCCC(CO)CO)CC4)n3)ccc21. The largest absolute Gasteiger partial charge is 0.396 e. The van der Waals surface area contributed by atoms with Gasteiger partial charge in [0.1, 0.15) is 5.82 Å². The number of hydrogen-bond donors (Lipinski definition) is 3. The molecule has 5 nitrogen and oxygen atoms in total. The lowest BCUT2D eigenvalue weighted by atomic mass is 9.63. The number of hydrogen-bond acceptors (Lipinski definition) is 5. The van der Waals surface area contributed by atoms with Crippen molar-refractivity contribution in [1.82, 2.24) is 10.3 Å². The molecule has 0 amide bonds. The summed E-state index contributed by atoms with van der Waals surface area (Å²) in [6.45, 7) is 12.4. The molecule has 3 N–H and O–H groups in total. The molecule has 2 heterocycles. The smallest absolute Gasteiger partial charge is 0.129 e. The van der Waals surface area contributed by atoms with Gasteiger partial charge < -0.3 is 20.4 Å². The van der Waals surface area contributed by atoms with Crippen molar-refractivity contribution in [3.05, 3.63) is 47.5 Å². The van der Waals surface area contributed by atoms with E-state index in [1.165, 1.54) is 29.5 Å². The first kappa shape index (κ1) is 25.2. The number of aliphatic hydroxyl groups excluding tert-OH is 2. The molecule has 1 fully saturated rings. The third-order valence-electron chi connectivity index (χ3n) is 8.20. The van der Waals surface area contributed by atoms with Crippen LogP contribution in [-0.2, 0) is 10.8 Å². The van der Waals surface area contributed by atoms with Gasteiger partial charge in [0.2, 0.25) is 0 Å². The van der Waals surface area contributed by atoms with E-state index in [0.29, 0.717) is 6.04 Å². The van der Waals surface area contributed by atoms with Gasteiger partial charge in [0.05, 0.1) is 5.69 Å². The fourth-order valence-corrected chi connectivity index (χ4v) is 5.55. The summed E-state index contributed by atoms with van der Waals surface area (Å²) in [7, 11) is 0. The maximum Gasteiger partial charge on any atom is 0.129 e. The summed E-state index contributed by atoms with van der Waals surface area (Å²) < 4.78 is 0. The van der Waals surface area contributed by atoms with Gasteiger partial charge >= 0.3 is 0 Å². The molecule has 1 aromatic heterocycles. The highest BCUT2D eigenvalue weighted by Crippen LogP contribution is 2.46. The minimum absolute atomic E-state index is 0.0141. The summed E-state index contributed by atoms with van der Waals surface area (Å²) in [5.41, 5.74) is 5.66. The number of nitrogens with one attached hydrogen (secondary N) is 1. The van der Waals surface area contributed by atoms with Crippen molar-refractivity contribution in [2.24, 2.45) is 5.92 Å². The molecule has 0 unspecified atom stereocenters. The van der Waals surface area contributed by atoms with Gasteiger partial charge in [-0.2, -0.15) is 0 Å². The second-order valence-electron chi connectivity index (χ2n) is 11.6. The van der Waals surface area contributed by atoms with E-state index in [9.17, 15) is 10.2 Å². The predicted octanol–water partition coefficient (Wildman–Crippen LogP) is 4.65. The minimum Gasteiger partial charge on any atom is -0.396 e. The van der Waals surface area contributed by atoms with Gasteiger partial charge in [0.15, 0.2) is 0 Å². The number of aliphatic hydroxyl groups is 2. The molecule has 0 atom stereocenters. The Morgan fingerprint density at radius 3 is 2.32 bits per heavy atom. The number of benzene rings is 1. The van der Waals surface area contributed by atoms with Crippen LogP contribution in [0.2, 0.25) is 0 Å². The molecular formula is C29H43N3O2. The van der Waals surface area contributed by atoms with E-state index in [-0.39, 0.29) is 30.0 Å². The Balaban J connectivity index is 1.43. The number of anilines is 1. The zero-order valence-electron chi connectivity index (χ0n) is 21.5. The number of piperidine rings is 1. The average Bonchev–Trinajstić information content (AvgIpc) is 2.85. The molecule has 1 saturated heterocycles. The van der Waals surface area contributed by atoms with Gasteiger partial charge in [-0.15, -0.1) is 0 Å². The molecule has 34 heavy (non-hydrogen) atoms. The Labute approximate surface area is 205 Å². The van der Waals surface area contributed by atoms with Gasteiger partial charge in [-0.25, -0.2) is 4.98 Å². The van der Waals surface area contributed by atoms with Gasteiger partial charge in [0.25, 0.3) is 0 Å². The summed E-state index contributed by atoms with van der Waals surface area (Å²) in [4.78, 5) is 7.48. The van der Waals surface area contributed by atoms with E-state index in [1.54, 1.807) is 0 Å². The molecule has 1 aliphatic heterocycles. The number of pyridine rings is 1. The van der Waals surface area contributed by atoms with Crippen LogP contribution in [0.3, 0.4) is 0 Å². The average molecular weight is 466 g/mol. The van der Waals surface area contributed by atoms with Crippen molar-refractivity contribution >= 4 is 5.82 Å². The topological polar surface area (TPSA) is 68.6 Å². The molecule has 1 aliphatic carbocycles. The fraction of sp³-hybridized carbons (Fsp3) is 0.621. The van der Waals surface area contributed by atoms with E-state index in [1.807, 2.05) is 0 Å². The maximum atomic E-state index is 9.23. The highest BCUT2D eigenvalue weighted by molar-refractivity contribution is 5.65. The van der Waals surface area contributed by atoms with Crippen molar-refractivity contribution < 1.29 is 10.2 Å². The zero-order chi connectivity index (χ0) is 24.3. The lowest BCUT2D eigenvalue weighted by molar-refractivity contribution is 0.142. The predicted molar refractivity (Wildman–Crippen MR) is 140 cm³/mol. The van der Waals surface area contributed by atoms with E-state index in [4.69, 9.17) is 4.98 Å². The van der Waals surface area contributed by atoms with Crippen LogP contribution < -0.4 is 10.2 Å². The van der Waals surface area contributed by atoms with E-state index >= 15 is 0 Å². The summed E-state index contributed by atoms with van der Waals surface area (Å²) in [6.07, 6.45) is 5.42.